The van der Waals surface area contributed by atoms with E-state index in [0.29, 0.717) is 6.61 Å². The molecule has 120 valence electrons. The summed E-state index contributed by atoms with van der Waals surface area (Å²) in [5, 5.41) is 10.5. The summed E-state index contributed by atoms with van der Waals surface area (Å²) in [5.74, 6) is 0.914. The summed E-state index contributed by atoms with van der Waals surface area (Å²) in [6.45, 7) is 2.53. The molecule has 0 radical (unpaired) electrons. The Morgan fingerprint density at radius 3 is 2.22 bits per heavy atom. The molecule has 0 saturated carbocycles. The van der Waals surface area contributed by atoms with Crippen molar-refractivity contribution in [2.24, 2.45) is 0 Å². The molecule has 23 heavy (non-hydrogen) atoms. The average molecular weight is 317 g/mol. The molecule has 2 aromatic carbocycles. The fourth-order valence-electron chi connectivity index (χ4n) is 1.75. The molecule has 0 fully saturated rings. The Bertz CT molecular complexity index is 666. The summed E-state index contributed by atoms with van der Waals surface area (Å²) < 4.78 is 15.2. The van der Waals surface area contributed by atoms with E-state index in [1.165, 1.54) is 24.3 Å². The molecule has 0 atom stereocenters. The average Bonchev–Trinajstić information content (AvgIpc) is 2.55. The number of carbonyl (C=O) groups excluding carboxylic acids is 1. The molecule has 0 aliphatic rings. The molecule has 0 aliphatic carbocycles. The van der Waals surface area contributed by atoms with E-state index in [0.717, 1.165) is 11.3 Å². The van der Waals surface area contributed by atoms with Crippen LogP contribution in [0.3, 0.4) is 0 Å². The van der Waals surface area contributed by atoms with Gasteiger partial charge in [0.25, 0.3) is 5.69 Å². The fourth-order valence-corrected chi connectivity index (χ4v) is 1.75. The van der Waals surface area contributed by atoms with Crippen LogP contribution >= 0.6 is 0 Å². The van der Waals surface area contributed by atoms with Crippen LogP contribution in [0.5, 0.6) is 11.5 Å². The van der Waals surface area contributed by atoms with Crippen molar-refractivity contribution in [3.63, 3.8) is 0 Å². The molecule has 7 heteroatoms. The Morgan fingerprint density at radius 1 is 1.04 bits per heavy atom. The number of hydrogen-bond donors (Lipinski definition) is 0. The van der Waals surface area contributed by atoms with Gasteiger partial charge in [0, 0.05) is 12.1 Å². The summed E-state index contributed by atoms with van der Waals surface area (Å²) in [6.07, 6.45) is -0.882. The highest BCUT2D eigenvalue weighted by molar-refractivity contribution is 5.64. The van der Waals surface area contributed by atoms with Crippen molar-refractivity contribution in [3.05, 3.63) is 64.2 Å². The van der Waals surface area contributed by atoms with Crippen LogP contribution in [0.15, 0.2) is 48.5 Å². The van der Waals surface area contributed by atoms with Gasteiger partial charge in [0.1, 0.15) is 18.1 Å². The van der Waals surface area contributed by atoms with E-state index in [4.69, 9.17) is 14.2 Å². The van der Waals surface area contributed by atoms with E-state index in [-0.39, 0.29) is 18.0 Å². The van der Waals surface area contributed by atoms with Crippen LogP contribution in [0.4, 0.5) is 10.5 Å². The smallest absolute Gasteiger partial charge is 0.494 e. The summed E-state index contributed by atoms with van der Waals surface area (Å²) in [4.78, 5) is 21.6. The number of benzene rings is 2. The second-order valence-corrected chi connectivity index (χ2v) is 4.47. The predicted octanol–water partition coefficient (Wildman–Crippen LogP) is 3.71. The van der Waals surface area contributed by atoms with Gasteiger partial charge in [-0.25, -0.2) is 4.79 Å². The summed E-state index contributed by atoms with van der Waals surface area (Å²) >= 11 is 0. The van der Waals surface area contributed by atoms with Gasteiger partial charge in [-0.1, -0.05) is 12.1 Å². The van der Waals surface area contributed by atoms with Crippen molar-refractivity contribution < 1.29 is 23.9 Å². The van der Waals surface area contributed by atoms with Crippen molar-refractivity contribution in [3.8, 4) is 11.5 Å². The number of nitro groups is 1. The van der Waals surface area contributed by atoms with Gasteiger partial charge in [-0.2, -0.15) is 0 Å². The lowest BCUT2D eigenvalue weighted by Crippen LogP contribution is -2.10. The SMILES string of the molecule is CCOc1ccc(COC(=O)Oc2ccc([N+](=O)[O-])cc2)cc1. The molecule has 0 aromatic heterocycles. The maximum atomic E-state index is 11.6. The number of non-ortho nitro benzene ring substituents is 1. The largest absolute Gasteiger partial charge is 0.514 e. The maximum Gasteiger partial charge on any atom is 0.514 e. The Labute approximate surface area is 132 Å². The van der Waals surface area contributed by atoms with Crippen LogP contribution in [0, 0.1) is 10.1 Å². The molecular weight excluding hydrogens is 302 g/mol. The standard InChI is InChI=1S/C16H15NO6/c1-2-21-14-7-3-12(4-8-14)11-22-16(18)23-15-9-5-13(6-10-15)17(19)20/h3-10H,2,11H2,1H3. The lowest BCUT2D eigenvalue weighted by molar-refractivity contribution is -0.384. The minimum Gasteiger partial charge on any atom is -0.494 e. The van der Waals surface area contributed by atoms with E-state index >= 15 is 0 Å². The highest BCUT2D eigenvalue weighted by Crippen LogP contribution is 2.18. The topological polar surface area (TPSA) is 87.9 Å². The first-order chi connectivity index (χ1) is 11.1. The fraction of sp³-hybridized carbons (Fsp3) is 0.188. The zero-order chi connectivity index (χ0) is 16.7. The van der Waals surface area contributed by atoms with Crippen LogP contribution in [0.1, 0.15) is 12.5 Å². The summed E-state index contributed by atoms with van der Waals surface area (Å²) in [5.41, 5.74) is 0.703. The first-order valence-corrected chi connectivity index (χ1v) is 6.89. The molecular formula is C16H15NO6. The Balaban J connectivity index is 1.83. The summed E-state index contributed by atoms with van der Waals surface area (Å²) in [6, 6.07) is 12.3. The minimum atomic E-state index is -0.882. The van der Waals surface area contributed by atoms with Gasteiger partial charge in [-0.15, -0.1) is 0 Å². The van der Waals surface area contributed by atoms with E-state index in [2.05, 4.69) is 0 Å². The molecule has 0 N–H and O–H groups in total. The van der Waals surface area contributed by atoms with Gasteiger partial charge in [-0.05, 0) is 36.8 Å². The molecule has 0 saturated heterocycles. The molecule has 0 unspecified atom stereocenters. The molecule has 7 nitrogen and oxygen atoms in total. The lowest BCUT2D eigenvalue weighted by Gasteiger charge is -2.07. The summed E-state index contributed by atoms with van der Waals surface area (Å²) in [7, 11) is 0. The quantitative estimate of drug-likeness (QED) is 0.349. The van der Waals surface area contributed by atoms with E-state index < -0.39 is 11.1 Å². The maximum absolute atomic E-state index is 11.6. The van der Waals surface area contributed by atoms with E-state index in [9.17, 15) is 14.9 Å². The van der Waals surface area contributed by atoms with Crippen LogP contribution in [-0.2, 0) is 11.3 Å². The van der Waals surface area contributed by atoms with Crippen molar-refractivity contribution in [1.82, 2.24) is 0 Å². The van der Waals surface area contributed by atoms with Gasteiger partial charge in [0.05, 0.1) is 11.5 Å². The molecule has 0 aliphatic heterocycles. The second kappa shape index (κ2) is 7.79. The van der Waals surface area contributed by atoms with Crippen LogP contribution < -0.4 is 9.47 Å². The number of nitrogens with zero attached hydrogens (tertiary/aromatic N) is 1. The Hall–Kier alpha value is -3.09. The number of carbonyl (C=O) groups is 1. The van der Waals surface area contributed by atoms with Gasteiger partial charge in [0.2, 0.25) is 0 Å². The Kier molecular flexibility index (Phi) is 5.51. The predicted molar refractivity (Wildman–Crippen MR) is 81.5 cm³/mol. The van der Waals surface area contributed by atoms with Crippen molar-refractivity contribution >= 4 is 11.8 Å². The lowest BCUT2D eigenvalue weighted by atomic mass is 10.2. The van der Waals surface area contributed by atoms with E-state index in [1.807, 2.05) is 6.92 Å². The Morgan fingerprint density at radius 2 is 1.65 bits per heavy atom. The third kappa shape index (κ3) is 4.99. The van der Waals surface area contributed by atoms with Crippen LogP contribution in [-0.4, -0.2) is 17.7 Å². The molecule has 0 amide bonds. The monoisotopic (exact) mass is 317 g/mol. The van der Waals surface area contributed by atoms with Gasteiger partial charge >= 0.3 is 6.16 Å². The molecule has 0 heterocycles. The molecule has 0 spiro atoms. The van der Waals surface area contributed by atoms with Crippen molar-refractivity contribution in [2.75, 3.05) is 6.61 Å². The van der Waals surface area contributed by atoms with Crippen LogP contribution in [0.2, 0.25) is 0 Å². The zero-order valence-corrected chi connectivity index (χ0v) is 12.4. The second-order valence-electron chi connectivity index (χ2n) is 4.47. The minimum absolute atomic E-state index is 0.0538. The number of nitro benzene ring substituents is 1. The number of hydrogen-bond acceptors (Lipinski definition) is 6. The van der Waals surface area contributed by atoms with Crippen molar-refractivity contribution in [1.29, 1.82) is 0 Å². The van der Waals surface area contributed by atoms with Crippen molar-refractivity contribution in [2.45, 2.75) is 13.5 Å². The first-order valence-electron chi connectivity index (χ1n) is 6.89. The molecule has 2 rings (SSSR count). The normalized spacial score (nSPS) is 9.96. The zero-order valence-electron chi connectivity index (χ0n) is 12.4. The third-order valence-corrected chi connectivity index (χ3v) is 2.84. The highest BCUT2D eigenvalue weighted by atomic mass is 16.7. The molecule has 0 bridgehead atoms. The number of rotatable bonds is 6. The molecule has 2 aromatic rings. The van der Waals surface area contributed by atoms with Gasteiger partial charge in [-0.3, -0.25) is 10.1 Å². The van der Waals surface area contributed by atoms with E-state index in [1.54, 1.807) is 24.3 Å². The first kappa shape index (κ1) is 16.3. The van der Waals surface area contributed by atoms with Gasteiger partial charge in [0.15, 0.2) is 0 Å². The highest BCUT2D eigenvalue weighted by Gasteiger charge is 2.09. The third-order valence-electron chi connectivity index (χ3n) is 2.84. The number of ether oxygens (including phenoxy) is 3. The van der Waals surface area contributed by atoms with Gasteiger partial charge < -0.3 is 14.2 Å². The van der Waals surface area contributed by atoms with Crippen LogP contribution in [0.25, 0.3) is 0 Å².